The Bertz CT molecular complexity index is 499. The molecule has 1 saturated heterocycles. The van der Waals surface area contributed by atoms with Crippen molar-refractivity contribution in [2.75, 3.05) is 25.4 Å². The Balaban J connectivity index is 1.85. The summed E-state index contributed by atoms with van der Waals surface area (Å²) in [6.07, 6.45) is 1.94. The molecule has 1 heterocycles. The lowest BCUT2D eigenvalue weighted by molar-refractivity contribution is -0.148. The van der Waals surface area contributed by atoms with Crippen LogP contribution in [-0.2, 0) is 9.53 Å². The van der Waals surface area contributed by atoms with E-state index < -0.39 is 0 Å². The molecule has 0 N–H and O–H groups in total. The Labute approximate surface area is 139 Å². The number of carbonyl (C=O) groups excluding carboxylic acids is 1. The molecule has 1 fully saturated rings. The number of nitrogens with zero attached hydrogens (tertiary/aromatic N) is 1. The summed E-state index contributed by atoms with van der Waals surface area (Å²) >= 11 is 13.8. The van der Waals surface area contributed by atoms with Crippen LogP contribution in [0.1, 0.15) is 19.8 Å². The third-order valence-electron chi connectivity index (χ3n) is 3.45. The molecule has 1 atom stereocenters. The van der Waals surface area contributed by atoms with E-state index in [4.69, 9.17) is 27.9 Å². The van der Waals surface area contributed by atoms with Gasteiger partial charge >= 0.3 is 5.97 Å². The molecule has 116 valence electrons. The molecule has 6 heteroatoms. The average molecular weight is 348 g/mol. The zero-order valence-electron chi connectivity index (χ0n) is 12.0. The highest BCUT2D eigenvalue weighted by molar-refractivity contribution is 7.99. The maximum absolute atomic E-state index is 11.9. The van der Waals surface area contributed by atoms with Crippen molar-refractivity contribution in [3.05, 3.63) is 28.2 Å². The predicted octanol–water partition coefficient (Wildman–Crippen LogP) is 4.11. The van der Waals surface area contributed by atoms with Gasteiger partial charge in [0.1, 0.15) is 6.04 Å². The number of rotatable bonds is 6. The van der Waals surface area contributed by atoms with E-state index in [1.807, 2.05) is 19.1 Å². The largest absolute Gasteiger partial charge is 0.465 e. The van der Waals surface area contributed by atoms with Crippen LogP contribution >= 0.6 is 35.0 Å². The third-order valence-corrected chi connectivity index (χ3v) is 5.16. The third kappa shape index (κ3) is 4.78. The molecule has 21 heavy (non-hydrogen) atoms. The summed E-state index contributed by atoms with van der Waals surface area (Å²) in [5, 5.41) is 1.40. The van der Waals surface area contributed by atoms with E-state index in [0.717, 1.165) is 36.6 Å². The van der Waals surface area contributed by atoms with Gasteiger partial charge in [0.15, 0.2) is 0 Å². The highest BCUT2D eigenvalue weighted by atomic mass is 35.5. The fourth-order valence-electron chi connectivity index (χ4n) is 2.46. The molecule has 1 aromatic carbocycles. The van der Waals surface area contributed by atoms with Gasteiger partial charge in [0.2, 0.25) is 0 Å². The zero-order valence-corrected chi connectivity index (χ0v) is 14.3. The number of carbonyl (C=O) groups is 1. The van der Waals surface area contributed by atoms with Crippen LogP contribution in [0, 0.1) is 0 Å². The molecule has 1 aromatic rings. The Hall–Kier alpha value is -0.420. The van der Waals surface area contributed by atoms with Crippen LogP contribution in [0.5, 0.6) is 0 Å². The Morgan fingerprint density at radius 2 is 2.29 bits per heavy atom. The first-order chi connectivity index (χ1) is 10.1. The van der Waals surface area contributed by atoms with Gasteiger partial charge in [-0.15, -0.1) is 11.8 Å². The summed E-state index contributed by atoms with van der Waals surface area (Å²) in [5.74, 6) is 0.775. The van der Waals surface area contributed by atoms with Gasteiger partial charge in [-0.1, -0.05) is 23.2 Å². The second-order valence-corrected chi connectivity index (χ2v) is 6.85. The number of benzene rings is 1. The number of ether oxygens (including phenoxy) is 1. The normalized spacial score (nSPS) is 18.9. The summed E-state index contributed by atoms with van der Waals surface area (Å²) in [6, 6.07) is 5.39. The average Bonchev–Trinajstić information content (AvgIpc) is 2.91. The van der Waals surface area contributed by atoms with Crippen molar-refractivity contribution in [2.45, 2.75) is 30.7 Å². The highest BCUT2D eigenvalue weighted by Gasteiger charge is 2.31. The van der Waals surface area contributed by atoms with Gasteiger partial charge in [0, 0.05) is 22.2 Å². The van der Waals surface area contributed by atoms with Crippen molar-refractivity contribution in [1.29, 1.82) is 0 Å². The van der Waals surface area contributed by atoms with Crippen LogP contribution in [0.3, 0.4) is 0 Å². The number of likely N-dealkylation sites (tertiary alicyclic amines) is 1. The first kappa shape index (κ1) is 16.9. The molecule has 2 rings (SSSR count). The molecule has 0 aromatic heterocycles. The van der Waals surface area contributed by atoms with Gasteiger partial charge in [-0.2, -0.15) is 0 Å². The van der Waals surface area contributed by atoms with Crippen molar-refractivity contribution in [2.24, 2.45) is 0 Å². The maximum atomic E-state index is 11.9. The van der Waals surface area contributed by atoms with E-state index in [0.29, 0.717) is 16.7 Å². The smallest absolute Gasteiger partial charge is 0.323 e. The van der Waals surface area contributed by atoms with E-state index in [-0.39, 0.29) is 12.0 Å². The van der Waals surface area contributed by atoms with Crippen LogP contribution in [0.2, 0.25) is 10.0 Å². The van der Waals surface area contributed by atoms with E-state index in [1.54, 1.807) is 17.8 Å². The molecular formula is C15H19Cl2NO2S. The molecule has 0 saturated carbocycles. The molecule has 1 unspecified atom stereocenters. The lowest BCUT2D eigenvalue weighted by Gasteiger charge is -2.22. The van der Waals surface area contributed by atoms with Gasteiger partial charge in [-0.25, -0.2) is 0 Å². The standard InChI is InChI=1S/C15H19Cl2NO2S/c1-2-20-15(19)13-4-3-7-18(13)8-9-21-14-10-11(16)5-6-12(14)17/h5-6,10,13H,2-4,7-9H2,1H3. The predicted molar refractivity (Wildman–Crippen MR) is 88.4 cm³/mol. The number of thioether (sulfide) groups is 1. The summed E-state index contributed by atoms with van der Waals surface area (Å²) in [5.41, 5.74) is 0. The van der Waals surface area contributed by atoms with Gasteiger partial charge in [0.05, 0.1) is 11.6 Å². The zero-order chi connectivity index (χ0) is 15.2. The van der Waals surface area contributed by atoms with Gasteiger partial charge in [-0.05, 0) is 44.5 Å². The number of halogens is 2. The van der Waals surface area contributed by atoms with Crippen molar-refractivity contribution < 1.29 is 9.53 Å². The fourth-order valence-corrected chi connectivity index (χ4v) is 3.94. The maximum Gasteiger partial charge on any atom is 0.323 e. The number of hydrogen-bond donors (Lipinski definition) is 0. The fraction of sp³-hybridized carbons (Fsp3) is 0.533. The van der Waals surface area contributed by atoms with Gasteiger partial charge < -0.3 is 4.74 Å². The van der Waals surface area contributed by atoms with E-state index >= 15 is 0 Å². The molecule has 0 spiro atoms. The monoisotopic (exact) mass is 347 g/mol. The second-order valence-electron chi connectivity index (χ2n) is 4.87. The number of hydrogen-bond acceptors (Lipinski definition) is 4. The van der Waals surface area contributed by atoms with Gasteiger partial charge in [0.25, 0.3) is 0 Å². The summed E-state index contributed by atoms with van der Waals surface area (Å²) in [6.45, 7) is 4.08. The lowest BCUT2D eigenvalue weighted by Crippen LogP contribution is -2.38. The van der Waals surface area contributed by atoms with E-state index in [1.165, 1.54) is 0 Å². The van der Waals surface area contributed by atoms with Crippen molar-refractivity contribution in [1.82, 2.24) is 4.90 Å². The first-order valence-corrected chi connectivity index (χ1v) is 8.84. The molecule has 3 nitrogen and oxygen atoms in total. The molecule has 0 aliphatic carbocycles. The summed E-state index contributed by atoms with van der Waals surface area (Å²) in [4.78, 5) is 15.1. The van der Waals surface area contributed by atoms with Crippen LogP contribution < -0.4 is 0 Å². The molecular weight excluding hydrogens is 329 g/mol. The Morgan fingerprint density at radius 1 is 1.48 bits per heavy atom. The van der Waals surface area contributed by atoms with Crippen LogP contribution in [-0.4, -0.2) is 42.4 Å². The Kier molecular flexibility index (Phi) is 6.68. The minimum Gasteiger partial charge on any atom is -0.465 e. The van der Waals surface area contributed by atoms with Gasteiger partial charge in [-0.3, -0.25) is 9.69 Å². The minimum atomic E-state index is -0.0965. The van der Waals surface area contributed by atoms with E-state index in [2.05, 4.69) is 4.90 Å². The summed E-state index contributed by atoms with van der Waals surface area (Å²) < 4.78 is 5.13. The molecule has 0 bridgehead atoms. The lowest BCUT2D eigenvalue weighted by atomic mass is 10.2. The minimum absolute atomic E-state index is 0.0830. The van der Waals surface area contributed by atoms with Crippen LogP contribution in [0.15, 0.2) is 23.1 Å². The quantitative estimate of drug-likeness (QED) is 0.572. The molecule has 0 amide bonds. The second kappa shape index (κ2) is 8.28. The van der Waals surface area contributed by atoms with E-state index in [9.17, 15) is 4.79 Å². The first-order valence-electron chi connectivity index (χ1n) is 7.10. The van der Waals surface area contributed by atoms with Crippen molar-refractivity contribution >= 4 is 40.9 Å². The highest BCUT2D eigenvalue weighted by Crippen LogP contribution is 2.30. The Morgan fingerprint density at radius 3 is 3.05 bits per heavy atom. The van der Waals surface area contributed by atoms with Crippen LogP contribution in [0.4, 0.5) is 0 Å². The molecule has 1 aliphatic rings. The summed E-state index contributed by atoms with van der Waals surface area (Å²) in [7, 11) is 0. The van der Waals surface area contributed by atoms with Crippen molar-refractivity contribution in [3.63, 3.8) is 0 Å². The van der Waals surface area contributed by atoms with Crippen molar-refractivity contribution in [3.8, 4) is 0 Å². The molecule has 0 radical (unpaired) electrons. The topological polar surface area (TPSA) is 29.5 Å². The molecule has 1 aliphatic heterocycles. The number of esters is 1. The SMILES string of the molecule is CCOC(=O)C1CCCN1CCSc1cc(Cl)ccc1Cl. The van der Waals surface area contributed by atoms with Crippen LogP contribution in [0.25, 0.3) is 0 Å².